The molecule has 2 heterocycles. The van der Waals surface area contributed by atoms with Gasteiger partial charge in [0.05, 0.1) is 11.4 Å². The summed E-state index contributed by atoms with van der Waals surface area (Å²) in [5.74, 6) is 0.590. The first-order chi connectivity index (χ1) is 15.0. The van der Waals surface area contributed by atoms with E-state index in [2.05, 4.69) is 92.8 Å². The molecule has 2 nitrogen and oxygen atoms in total. The first kappa shape index (κ1) is 21.6. The van der Waals surface area contributed by atoms with Crippen molar-refractivity contribution in [1.82, 2.24) is 9.55 Å². The van der Waals surface area contributed by atoms with Gasteiger partial charge < -0.3 is 4.57 Å². The monoisotopic (exact) mass is 430 g/mol. The molecule has 0 N–H and O–H groups in total. The lowest BCUT2D eigenvalue weighted by Crippen LogP contribution is -2.01. The summed E-state index contributed by atoms with van der Waals surface area (Å²) >= 11 is 1.73. The van der Waals surface area contributed by atoms with Crippen molar-refractivity contribution in [3.05, 3.63) is 82.4 Å². The molecule has 0 fully saturated rings. The molecule has 2 aliphatic carbocycles. The Balaban J connectivity index is 0.00000289. The number of hydrogen-bond donors (Lipinski definition) is 0. The third-order valence-electron chi connectivity index (χ3n) is 5.98. The molecule has 2 aromatic heterocycles. The van der Waals surface area contributed by atoms with Crippen LogP contribution < -0.4 is 0 Å². The van der Waals surface area contributed by atoms with Crippen LogP contribution in [-0.4, -0.2) is 9.55 Å². The fourth-order valence-corrected chi connectivity index (χ4v) is 5.17. The molecule has 162 valence electrons. The molecule has 0 spiro atoms. The van der Waals surface area contributed by atoms with Crippen molar-refractivity contribution in [3.8, 4) is 11.4 Å². The highest BCUT2D eigenvalue weighted by atomic mass is 32.1. The van der Waals surface area contributed by atoms with Crippen LogP contribution in [0.15, 0.2) is 66.1 Å². The Kier molecular flexibility index (Phi) is 6.43. The van der Waals surface area contributed by atoms with Gasteiger partial charge in [-0.2, -0.15) is 0 Å². The smallest absolute Gasteiger partial charge is 0.123 e. The van der Waals surface area contributed by atoms with E-state index in [0.717, 1.165) is 36.4 Å². The Morgan fingerprint density at radius 1 is 1.26 bits per heavy atom. The van der Waals surface area contributed by atoms with Gasteiger partial charge in [-0.3, -0.25) is 0 Å². The second-order valence-corrected chi connectivity index (χ2v) is 9.65. The summed E-state index contributed by atoms with van der Waals surface area (Å²) in [5, 5.41) is 3.29. The van der Waals surface area contributed by atoms with Crippen LogP contribution >= 0.6 is 11.3 Å². The highest BCUT2D eigenvalue weighted by Crippen LogP contribution is 2.37. The topological polar surface area (TPSA) is 17.8 Å². The zero-order valence-electron chi connectivity index (χ0n) is 19.1. The second-order valence-electron chi connectivity index (χ2n) is 8.79. The quantitative estimate of drug-likeness (QED) is 0.429. The van der Waals surface area contributed by atoms with Crippen LogP contribution in [0.4, 0.5) is 0 Å². The molecule has 31 heavy (non-hydrogen) atoms. The van der Waals surface area contributed by atoms with Crippen molar-refractivity contribution in [3.63, 3.8) is 0 Å². The lowest BCUT2D eigenvalue weighted by atomic mass is 9.98. The van der Waals surface area contributed by atoms with Crippen LogP contribution in [0.1, 0.15) is 64.1 Å². The minimum atomic E-state index is 0. The van der Waals surface area contributed by atoms with Gasteiger partial charge >= 0.3 is 0 Å². The Morgan fingerprint density at radius 2 is 2.10 bits per heavy atom. The first-order valence-corrected chi connectivity index (χ1v) is 12.1. The molecule has 0 bridgehead atoms. The van der Waals surface area contributed by atoms with Crippen LogP contribution in [0, 0.1) is 12.8 Å². The second kappa shape index (κ2) is 9.23. The van der Waals surface area contributed by atoms with Gasteiger partial charge in [0.15, 0.2) is 0 Å². The number of allylic oxidation sites excluding steroid dienone is 11. The highest BCUT2D eigenvalue weighted by Gasteiger charge is 2.21. The van der Waals surface area contributed by atoms with Crippen molar-refractivity contribution in [2.45, 2.75) is 53.4 Å². The zero-order chi connectivity index (χ0) is 22.0. The van der Waals surface area contributed by atoms with Gasteiger partial charge in [-0.1, -0.05) is 69.4 Å². The van der Waals surface area contributed by atoms with Crippen molar-refractivity contribution < 1.29 is 1.43 Å². The molecule has 2 aliphatic rings. The summed E-state index contributed by atoms with van der Waals surface area (Å²) in [6, 6.07) is 2.30. The van der Waals surface area contributed by atoms with E-state index in [4.69, 9.17) is 4.98 Å². The van der Waals surface area contributed by atoms with Crippen LogP contribution in [0.3, 0.4) is 0 Å². The van der Waals surface area contributed by atoms with E-state index >= 15 is 0 Å². The maximum Gasteiger partial charge on any atom is 0.123 e. The molecular weight excluding hydrogens is 396 g/mol. The molecule has 3 heteroatoms. The molecule has 2 aromatic rings. The van der Waals surface area contributed by atoms with E-state index in [1.165, 1.54) is 39.4 Å². The summed E-state index contributed by atoms with van der Waals surface area (Å²) in [4.78, 5) is 5.08. The van der Waals surface area contributed by atoms with Crippen molar-refractivity contribution in [1.29, 1.82) is 0 Å². The van der Waals surface area contributed by atoms with Gasteiger partial charge in [-0.25, -0.2) is 4.98 Å². The van der Waals surface area contributed by atoms with E-state index in [1.54, 1.807) is 11.3 Å². The molecule has 0 atom stereocenters. The van der Waals surface area contributed by atoms with Crippen molar-refractivity contribution in [2.75, 3.05) is 0 Å². The average molecular weight is 431 g/mol. The Hall–Kier alpha value is -2.65. The Labute approximate surface area is 192 Å². The predicted molar refractivity (Wildman–Crippen MR) is 139 cm³/mol. The minimum Gasteiger partial charge on any atom is -0.315 e. The molecular formula is C28H34N2S. The predicted octanol–water partition coefficient (Wildman–Crippen LogP) is 8.71. The van der Waals surface area contributed by atoms with E-state index in [0.29, 0.717) is 5.92 Å². The van der Waals surface area contributed by atoms with Crippen molar-refractivity contribution in [2.24, 2.45) is 5.92 Å². The summed E-state index contributed by atoms with van der Waals surface area (Å²) < 4.78 is 2.38. The summed E-state index contributed by atoms with van der Waals surface area (Å²) in [6.07, 6.45) is 19.5. The van der Waals surface area contributed by atoms with Crippen LogP contribution in [0.5, 0.6) is 0 Å². The largest absolute Gasteiger partial charge is 0.315 e. The minimum absolute atomic E-state index is 0. The first-order valence-electron chi connectivity index (χ1n) is 11.3. The lowest BCUT2D eigenvalue weighted by Gasteiger charge is -2.13. The van der Waals surface area contributed by atoms with Gasteiger partial charge in [0.25, 0.3) is 0 Å². The lowest BCUT2D eigenvalue weighted by molar-refractivity contribution is 0.674. The normalized spacial score (nSPS) is 15.8. The molecule has 0 radical (unpaired) electrons. The molecule has 4 rings (SSSR count). The summed E-state index contributed by atoms with van der Waals surface area (Å²) in [5.41, 5.74) is 9.92. The Bertz CT molecular complexity index is 1150. The van der Waals surface area contributed by atoms with Gasteiger partial charge in [0.2, 0.25) is 0 Å². The van der Waals surface area contributed by atoms with E-state index in [-0.39, 0.29) is 1.43 Å². The molecule has 0 saturated heterocycles. The van der Waals surface area contributed by atoms with Gasteiger partial charge in [0, 0.05) is 30.2 Å². The number of rotatable bonds is 7. The maximum absolute atomic E-state index is 5.08. The van der Waals surface area contributed by atoms with E-state index in [1.807, 2.05) is 0 Å². The summed E-state index contributed by atoms with van der Waals surface area (Å²) in [7, 11) is 0. The molecule has 0 aromatic carbocycles. The summed E-state index contributed by atoms with van der Waals surface area (Å²) in [6.45, 7) is 13.3. The van der Waals surface area contributed by atoms with Crippen LogP contribution in [-0.2, 0) is 0 Å². The third-order valence-corrected chi connectivity index (χ3v) is 6.87. The molecule has 0 saturated carbocycles. The molecule has 0 unspecified atom stereocenters. The fourth-order valence-electron chi connectivity index (χ4n) is 4.34. The van der Waals surface area contributed by atoms with Gasteiger partial charge in [0.1, 0.15) is 5.01 Å². The Morgan fingerprint density at radius 3 is 2.81 bits per heavy atom. The molecule has 0 aliphatic heterocycles. The SMILES string of the molecule is C=C(CC(C)C)c1cc(-c2csc(C3=CCC(CC)=CC=C3)n2)n(C2=CC=CC2)c1C.[HH]. The van der Waals surface area contributed by atoms with Gasteiger partial charge in [-0.15, -0.1) is 11.3 Å². The van der Waals surface area contributed by atoms with Crippen molar-refractivity contribution >= 4 is 28.2 Å². The third kappa shape index (κ3) is 4.52. The number of thiazole rings is 1. The van der Waals surface area contributed by atoms with Gasteiger partial charge in [-0.05, 0) is 55.4 Å². The zero-order valence-corrected chi connectivity index (χ0v) is 19.9. The van der Waals surface area contributed by atoms with Crippen LogP contribution in [0.25, 0.3) is 28.2 Å². The van der Waals surface area contributed by atoms with Crippen LogP contribution in [0.2, 0.25) is 0 Å². The highest BCUT2D eigenvalue weighted by molar-refractivity contribution is 7.11. The fraction of sp³-hybridized carbons (Fsp3) is 0.321. The average Bonchev–Trinajstić information content (AvgIpc) is 3.45. The number of nitrogens with zero attached hydrogens (tertiary/aromatic N) is 2. The maximum atomic E-state index is 5.08. The number of hydrogen-bond acceptors (Lipinski definition) is 2. The molecule has 0 amide bonds. The van der Waals surface area contributed by atoms with E-state index in [9.17, 15) is 0 Å². The number of aromatic nitrogens is 2. The standard InChI is InChI=1S/C28H32N2S.H2/c1-6-22-10-9-11-23(15-14-22)28-29-26(18-31-28)27-17-25(20(4)16-19(2)3)21(5)30(27)24-12-7-8-13-24;/h7-12,15,17-19H,4,6,13-14,16H2,1-3,5H3;1H. The van der Waals surface area contributed by atoms with E-state index < -0.39 is 0 Å².